The second-order valence-corrected chi connectivity index (χ2v) is 7.09. The fourth-order valence-electron chi connectivity index (χ4n) is 2.03. The molecule has 0 amide bonds. The van der Waals surface area contributed by atoms with Crippen LogP contribution in [0.3, 0.4) is 0 Å². The third-order valence-corrected chi connectivity index (χ3v) is 4.76. The van der Waals surface area contributed by atoms with Crippen LogP contribution in [0.4, 0.5) is 13.2 Å². The van der Waals surface area contributed by atoms with Crippen molar-refractivity contribution in [3.63, 3.8) is 0 Å². The largest absolute Gasteiger partial charge is 0.471 e. The summed E-state index contributed by atoms with van der Waals surface area (Å²) in [7, 11) is -3.96. The third kappa shape index (κ3) is 4.37. The molecule has 0 radical (unpaired) electrons. The minimum absolute atomic E-state index is 0.135. The molecule has 0 unspecified atom stereocenters. The van der Waals surface area contributed by atoms with Gasteiger partial charge in [0.25, 0.3) is 0 Å². The number of aromatic nitrogens is 4. The van der Waals surface area contributed by atoms with Gasteiger partial charge in [0.05, 0.1) is 18.9 Å². The zero-order valence-electron chi connectivity index (χ0n) is 13.7. The van der Waals surface area contributed by atoms with Gasteiger partial charge >= 0.3 is 12.1 Å². The predicted molar refractivity (Wildman–Crippen MR) is 86.3 cm³/mol. The zero-order chi connectivity index (χ0) is 20.4. The van der Waals surface area contributed by atoms with Crippen molar-refractivity contribution in [1.82, 2.24) is 24.8 Å². The number of carbonyl (C=O) groups excluding carboxylic acids is 1. The highest BCUT2D eigenvalue weighted by Gasteiger charge is 2.38. The monoisotopic (exact) mass is 413 g/mol. The lowest BCUT2D eigenvalue weighted by molar-refractivity contribution is -0.159. The molecule has 1 aromatic carbocycles. The van der Waals surface area contributed by atoms with Crippen LogP contribution >= 0.6 is 0 Å². The SMILES string of the molecule is O=C(CNS(=O)(=O)c1cncnc1)c1ccc(-c2noc(C(F)(F)F)n2)cc1. The van der Waals surface area contributed by atoms with Crippen molar-refractivity contribution in [2.45, 2.75) is 11.1 Å². The number of halogens is 3. The maximum Gasteiger partial charge on any atom is 0.471 e. The number of alkyl halides is 3. The molecule has 13 heteroatoms. The first kappa shape index (κ1) is 19.6. The van der Waals surface area contributed by atoms with Crippen molar-refractivity contribution < 1.29 is 30.9 Å². The maximum absolute atomic E-state index is 12.5. The van der Waals surface area contributed by atoms with Gasteiger partial charge in [-0.3, -0.25) is 4.79 Å². The summed E-state index contributed by atoms with van der Waals surface area (Å²) in [6, 6.07) is 5.25. The number of nitrogens with one attached hydrogen (secondary N) is 1. The van der Waals surface area contributed by atoms with Crippen LogP contribution in [0.25, 0.3) is 11.4 Å². The number of nitrogens with zero attached hydrogens (tertiary/aromatic N) is 4. The Hall–Kier alpha value is -3.19. The van der Waals surface area contributed by atoms with E-state index in [9.17, 15) is 26.4 Å². The molecule has 0 bridgehead atoms. The van der Waals surface area contributed by atoms with E-state index in [0.29, 0.717) is 0 Å². The molecule has 0 saturated heterocycles. The van der Waals surface area contributed by atoms with E-state index in [1.54, 1.807) is 0 Å². The molecule has 0 spiro atoms. The molecule has 3 rings (SSSR count). The average Bonchev–Trinajstić information content (AvgIpc) is 3.18. The van der Waals surface area contributed by atoms with Crippen molar-refractivity contribution in [1.29, 1.82) is 0 Å². The van der Waals surface area contributed by atoms with Gasteiger partial charge in [-0.05, 0) is 0 Å². The van der Waals surface area contributed by atoms with E-state index in [4.69, 9.17) is 0 Å². The summed E-state index contributed by atoms with van der Waals surface area (Å²) >= 11 is 0. The predicted octanol–water partition coefficient (Wildman–Crippen LogP) is 1.71. The molecule has 9 nitrogen and oxygen atoms in total. The van der Waals surface area contributed by atoms with Gasteiger partial charge in [0.1, 0.15) is 11.2 Å². The molecular formula is C15H10F3N5O4S. The Morgan fingerprint density at radius 3 is 2.32 bits per heavy atom. The maximum atomic E-state index is 12.5. The van der Waals surface area contributed by atoms with E-state index in [-0.39, 0.29) is 21.8 Å². The Morgan fingerprint density at radius 1 is 1.11 bits per heavy atom. The topological polar surface area (TPSA) is 128 Å². The van der Waals surface area contributed by atoms with Gasteiger partial charge in [-0.25, -0.2) is 23.1 Å². The Morgan fingerprint density at radius 2 is 1.75 bits per heavy atom. The van der Waals surface area contributed by atoms with E-state index >= 15 is 0 Å². The summed E-state index contributed by atoms with van der Waals surface area (Å²) in [6.07, 6.45) is -1.45. The second kappa shape index (κ2) is 7.44. The fourth-order valence-corrected chi connectivity index (χ4v) is 2.92. The quantitative estimate of drug-likeness (QED) is 0.605. The number of carbonyl (C=O) groups is 1. The van der Waals surface area contributed by atoms with Gasteiger partial charge in [-0.2, -0.15) is 18.2 Å². The number of ketones is 1. The first-order chi connectivity index (χ1) is 13.2. The van der Waals surface area contributed by atoms with Crippen molar-refractivity contribution in [3.05, 3.63) is 54.4 Å². The van der Waals surface area contributed by atoms with Crippen LogP contribution in [-0.4, -0.2) is 40.9 Å². The molecular weight excluding hydrogens is 403 g/mol. The molecule has 28 heavy (non-hydrogen) atoms. The highest BCUT2D eigenvalue weighted by Crippen LogP contribution is 2.29. The molecule has 0 aliphatic heterocycles. The number of benzene rings is 1. The summed E-state index contributed by atoms with van der Waals surface area (Å²) in [5.74, 6) is -2.34. The molecule has 1 N–H and O–H groups in total. The zero-order valence-corrected chi connectivity index (χ0v) is 14.5. The van der Waals surface area contributed by atoms with Gasteiger partial charge in [0.2, 0.25) is 15.8 Å². The highest BCUT2D eigenvalue weighted by atomic mass is 32.2. The van der Waals surface area contributed by atoms with Crippen LogP contribution in [0, 0.1) is 0 Å². The van der Waals surface area contributed by atoms with Gasteiger partial charge in [0.15, 0.2) is 5.78 Å². The summed E-state index contributed by atoms with van der Waals surface area (Å²) in [5.41, 5.74) is 0.327. The molecule has 2 heterocycles. The number of sulfonamides is 1. The molecule has 0 fully saturated rings. The average molecular weight is 413 g/mol. The number of hydrogen-bond donors (Lipinski definition) is 1. The van der Waals surface area contributed by atoms with Crippen molar-refractivity contribution in [2.24, 2.45) is 0 Å². The van der Waals surface area contributed by atoms with Crippen molar-refractivity contribution in [3.8, 4) is 11.4 Å². The number of hydrogen-bond acceptors (Lipinski definition) is 8. The molecule has 146 valence electrons. The van der Waals surface area contributed by atoms with E-state index in [0.717, 1.165) is 18.7 Å². The van der Waals surface area contributed by atoms with Crippen LogP contribution < -0.4 is 4.72 Å². The van der Waals surface area contributed by atoms with Gasteiger partial charge in [0, 0.05) is 11.1 Å². The Balaban J connectivity index is 1.68. The van der Waals surface area contributed by atoms with E-state index in [2.05, 4.69) is 29.4 Å². The van der Waals surface area contributed by atoms with Gasteiger partial charge < -0.3 is 4.52 Å². The molecule has 0 atom stereocenters. The van der Waals surface area contributed by atoms with Gasteiger partial charge in [-0.15, -0.1) is 0 Å². The van der Waals surface area contributed by atoms with Crippen LogP contribution in [0.15, 0.2) is 52.4 Å². The summed E-state index contributed by atoms with van der Waals surface area (Å²) in [5, 5.41) is 3.24. The minimum atomic E-state index is -4.76. The Bertz CT molecular complexity index is 1080. The lowest BCUT2D eigenvalue weighted by Crippen LogP contribution is -2.29. The van der Waals surface area contributed by atoms with Crippen LogP contribution in [0.2, 0.25) is 0 Å². The van der Waals surface area contributed by atoms with Crippen LogP contribution in [0.1, 0.15) is 16.2 Å². The summed E-state index contributed by atoms with van der Waals surface area (Å²) in [4.78, 5) is 22.4. The number of Topliss-reactive ketones (excluding diaryl/α,β-unsaturated/α-hetero) is 1. The molecule has 0 aliphatic carbocycles. The third-order valence-electron chi connectivity index (χ3n) is 3.40. The van der Waals surface area contributed by atoms with E-state index in [1.165, 1.54) is 24.3 Å². The summed E-state index contributed by atoms with van der Waals surface area (Å²) in [6.45, 7) is -0.531. The summed E-state index contributed by atoms with van der Waals surface area (Å²) < 4.78 is 67.8. The lowest BCUT2D eigenvalue weighted by Gasteiger charge is -2.06. The standard InChI is InChI=1S/C15H10F3N5O4S/c16-15(17,18)14-22-13(23-27-14)10-3-1-9(2-4-10)12(24)7-21-28(25,26)11-5-19-8-20-6-11/h1-6,8,21H,7H2. The van der Waals surface area contributed by atoms with Crippen LogP contribution in [-0.2, 0) is 16.2 Å². The Kier molecular flexibility index (Phi) is 5.20. The minimum Gasteiger partial charge on any atom is -0.329 e. The van der Waals surface area contributed by atoms with E-state index < -0.39 is 34.4 Å². The number of rotatable bonds is 6. The molecule has 2 aromatic heterocycles. The first-order valence-corrected chi connectivity index (χ1v) is 8.94. The smallest absolute Gasteiger partial charge is 0.329 e. The highest BCUT2D eigenvalue weighted by molar-refractivity contribution is 7.89. The molecule has 0 aliphatic rings. The second-order valence-electron chi connectivity index (χ2n) is 5.32. The van der Waals surface area contributed by atoms with Crippen molar-refractivity contribution >= 4 is 15.8 Å². The molecule has 0 saturated carbocycles. The fraction of sp³-hybridized carbons (Fsp3) is 0.133. The molecule has 3 aromatic rings. The normalized spacial score (nSPS) is 12.1. The van der Waals surface area contributed by atoms with Crippen molar-refractivity contribution in [2.75, 3.05) is 6.54 Å². The lowest BCUT2D eigenvalue weighted by atomic mass is 10.1. The first-order valence-electron chi connectivity index (χ1n) is 7.46. The van der Waals surface area contributed by atoms with Gasteiger partial charge in [-0.1, -0.05) is 29.4 Å². The van der Waals surface area contributed by atoms with Crippen LogP contribution in [0.5, 0.6) is 0 Å². The van der Waals surface area contributed by atoms with E-state index in [1.807, 2.05) is 0 Å². The Labute approximate surface area is 155 Å².